The van der Waals surface area contributed by atoms with E-state index in [1.165, 1.54) is 6.26 Å². The topological polar surface area (TPSA) is 62.7 Å². The van der Waals surface area contributed by atoms with Crippen molar-refractivity contribution in [1.29, 1.82) is 0 Å². The van der Waals surface area contributed by atoms with Gasteiger partial charge in [0.2, 0.25) is 10.0 Å². The molecule has 2 saturated heterocycles. The summed E-state index contributed by atoms with van der Waals surface area (Å²) in [6, 6.07) is 0. The first-order chi connectivity index (χ1) is 9.97. The van der Waals surface area contributed by atoms with E-state index in [1.54, 1.807) is 15.6 Å². The van der Waals surface area contributed by atoms with Gasteiger partial charge in [-0.25, -0.2) is 17.7 Å². The molecule has 0 saturated carbocycles. The first kappa shape index (κ1) is 15.4. The number of hydrogen-bond acceptors (Lipinski definition) is 6. The van der Waals surface area contributed by atoms with Crippen molar-refractivity contribution in [3.8, 4) is 0 Å². The minimum Gasteiger partial charge on any atom is -0.372 e. The molecule has 8 heteroatoms. The molecule has 2 aliphatic heterocycles. The molecule has 2 fully saturated rings. The van der Waals surface area contributed by atoms with Gasteiger partial charge in [0.15, 0.2) is 0 Å². The summed E-state index contributed by atoms with van der Waals surface area (Å²) >= 11 is 1.67. The second-order valence-corrected chi connectivity index (χ2v) is 8.79. The summed E-state index contributed by atoms with van der Waals surface area (Å²) in [6.45, 7) is 4.47. The fourth-order valence-corrected chi connectivity index (χ4v) is 4.61. The summed E-state index contributed by atoms with van der Waals surface area (Å²) in [6.07, 6.45) is 4.66. The van der Waals surface area contributed by atoms with E-state index in [0.717, 1.165) is 37.5 Å². The number of piperidine rings is 1. The van der Waals surface area contributed by atoms with E-state index in [1.807, 2.05) is 11.6 Å². The van der Waals surface area contributed by atoms with E-state index in [-0.39, 0.29) is 5.60 Å². The molecular weight excluding hydrogens is 310 g/mol. The number of hydrogen-bond donors (Lipinski definition) is 0. The summed E-state index contributed by atoms with van der Waals surface area (Å²) in [7, 11) is -3.08. The van der Waals surface area contributed by atoms with Crippen molar-refractivity contribution in [3.63, 3.8) is 0 Å². The lowest BCUT2D eigenvalue weighted by atomic mass is 9.90. The molecule has 0 unspecified atom stereocenters. The van der Waals surface area contributed by atoms with Gasteiger partial charge in [0.1, 0.15) is 5.01 Å². The zero-order chi connectivity index (χ0) is 14.9. The third kappa shape index (κ3) is 3.62. The number of rotatable bonds is 3. The van der Waals surface area contributed by atoms with Gasteiger partial charge in [-0.2, -0.15) is 0 Å². The summed E-state index contributed by atoms with van der Waals surface area (Å²) in [5.41, 5.74) is -0.184. The van der Waals surface area contributed by atoms with Gasteiger partial charge < -0.3 is 4.74 Å². The lowest BCUT2D eigenvalue weighted by molar-refractivity contribution is -0.131. The molecule has 0 atom stereocenters. The maximum atomic E-state index is 11.6. The SMILES string of the molecule is CS(=O)(=O)N1CCC2(CC1)CN(Cc1nccs1)CCO2. The van der Waals surface area contributed by atoms with Crippen molar-refractivity contribution in [2.45, 2.75) is 25.0 Å². The van der Waals surface area contributed by atoms with E-state index in [2.05, 4.69) is 9.88 Å². The van der Waals surface area contributed by atoms with Crippen LogP contribution in [-0.2, 0) is 21.3 Å². The predicted octanol–water partition coefficient (Wildman–Crippen LogP) is 0.770. The smallest absolute Gasteiger partial charge is 0.211 e. The molecule has 0 aromatic carbocycles. The van der Waals surface area contributed by atoms with Gasteiger partial charge in [0.25, 0.3) is 0 Å². The maximum absolute atomic E-state index is 11.6. The molecule has 118 valence electrons. The largest absolute Gasteiger partial charge is 0.372 e. The van der Waals surface area contributed by atoms with Gasteiger partial charge in [-0.3, -0.25) is 4.90 Å². The lowest BCUT2D eigenvalue weighted by Gasteiger charge is -2.46. The minimum atomic E-state index is -3.08. The van der Waals surface area contributed by atoms with Gasteiger partial charge in [-0.05, 0) is 12.8 Å². The molecule has 3 heterocycles. The number of aromatic nitrogens is 1. The molecule has 1 aromatic rings. The number of morpholine rings is 1. The molecule has 6 nitrogen and oxygen atoms in total. The first-order valence-electron chi connectivity index (χ1n) is 7.17. The Balaban J connectivity index is 1.61. The number of sulfonamides is 1. The highest BCUT2D eigenvalue weighted by molar-refractivity contribution is 7.88. The first-order valence-corrected chi connectivity index (χ1v) is 9.90. The third-order valence-electron chi connectivity index (χ3n) is 4.27. The van der Waals surface area contributed by atoms with Crippen LogP contribution in [0.1, 0.15) is 17.8 Å². The summed E-state index contributed by atoms with van der Waals surface area (Å²) in [5, 5.41) is 3.12. The predicted molar refractivity (Wildman–Crippen MR) is 81.7 cm³/mol. The van der Waals surface area contributed by atoms with Crippen LogP contribution in [0.15, 0.2) is 11.6 Å². The quantitative estimate of drug-likeness (QED) is 0.819. The normalized spacial score (nSPS) is 24.4. The van der Waals surface area contributed by atoms with Crippen molar-refractivity contribution in [2.24, 2.45) is 0 Å². The highest BCUT2D eigenvalue weighted by Gasteiger charge is 2.41. The van der Waals surface area contributed by atoms with Crippen LogP contribution in [0, 0.1) is 0 Å². The molecule has 3 rings (SSSR count). The Hall–Kier alpha value is -0.540. The standard InChI is InChI=1S/C13H21N3O3S2/c1-21(17,18)16-5-2-13(3-6-16)11-15(7-8-19-13)10-12-14-4-9-20-12/h4,9H,2-3,5-8,10-11H2,1H3. The average molecular weight is 331 g/mol. The third-order valence-corrected chi connectivity index (χ3v) is 6.34. The Morgan fingerprint density at radius 3 is 2.76 bits per heavy atom. The van der Waals surface area contributed by atoms with Crippen LogP contribution >= 0.6 is 11.3 Å². The van der Waals surface area contributed by atoms with Crippen molar-refractivity contribution >= 4 is 21.4 Å². The monoisotopic (exact) mass is 331 g/mol. The Morgan fingerprint density at radius 1 is 1.38 bits per heavy atom. The van der Waals surface area contributed by atoms with Crippen LogP contribution in [0.25, 0.3) is 0 Å². The summed E-state index contributed by atoms with van der Waals surface area (Å²) in [5.74, 6) is 0. The van der Waals surface area contributed by atoms with E-state index < -0.39 is 10.0 Å². The van der Waals surface area contributed by atoms with Crippen LogP contribution in [-0.4, -0.2) is 67.2 Å². The summed E-state index contributed by atoms with van der Waals surface area (Å²) in [4.78, 5) is 6.71. The Bertz CT molecular complexity index is 565. The zero-order valence-electron chi connectivity index (χ0n) is 12.2. The molecule has 0 N–H and O–H groups in total. The van der Waals surface area contributed by atoms with Gasteiger partial charge in [-0.1, -0.05) is 0 Å². The Morgan fingerprint density at radius 2 is 2.14 bits per heavy atom. The molecule has 1 aromatic heterocycles. The zero-order valence-corrected chi connectivity index (χ0v) is 13.8. The Kier molecular flexibility index (Phi) is 4.33. The number of nitrogens with zero attached hydrogens (tertiary/aromatic N) is 3. The molecular formula is C13H21N3O3S2. The van der Waals surface area contributed by atoms with Crippen molar-refractivity contribution in [1.82, 2.24) is 14.2 Å². The van der Waals surface area contributed by atoms with Gasteiger partial charge >= 0.3 is 0 Å². The average Bonchev–Trinajstić information content (AvgIpc) is 2.91. The van der Waals surface area contributed by atoms with E-state index in [4.69, 9.17) is 4.74 Å². The van der Waals surface area contributed by atoms with E-state index in [9.17, 15) is 8.42 Å². The highest BCUT2D eigenvalue weighted by atomic mass is 32.2. The molecule has 21 heavy (non-hydrogen) atoms. The minimum absolute atomic E-state index is 0.184. The van der Waals surface area contributed by atoms with E-state index in [0.29, 0.717) is 19.7 Å². The molecule has 0 radical (unpaired) electrons. The molecule has 0 amide bonds. The molecule has 0 aliphatic carbocycles. The fourth-order valence-electron chi connectivity index (χ4n) is 3.11. The number of ether oxygens (including phenoxy) is 1. The van der Waals surface area contributed by atoms with Crippen LogP contribution in [0.3, 0.4) is 0 Å². The maximum Gasteiger partial charge on any atom is 0.211 e. The van der Waals surface area contributed by atoms with Crippen molar-refractivity contribution < 1.29 is 13.2 Å². The molecule has 2 aliphatic rings. The van der Waals surface area contributed by atoms with Gasteiger partial charge in [0.05, 0.1) is 25.0 Å². The lowest BCUT2D eigenvalue weighted by Crippen LogP contribution is -2.57. The van der Waals surface area contributed by atoms with E-state index >= 15 is 0 Å². The summed E-state index contributed by atoms with van der Waals surface area (Å²) < 4.78 is 30.8. The van der Waals surface area contributed by atoms with Crippen LogP contribution in [0.4, 0.5) is 0 Å². The molecule has 1 spiro atoms. The fraction of sp³-hybridized carbons (Fsp3) is 0.769. The van der Waals surface area contributed by atoms with Gasteiger partial charge in [-0.15, -0.1) is 11.3 Å². The van der Waals surface area contributed by atoms with Gasteiger partial charge in [0, 0.05) is 37.8 Å². The van der Waals surface area contributed by atoms with Crippen LogP contribution in [0.2, 0.25) is 0 Å². The second kappa shape index (κ2) is 5.92. The van der Waals surface area contributed by atoms with Crippen molar-refractivity contribution in [3.05, 3.63) is 16.6 Å². The van der Waals surface area contributed by atoms with Crippen LogP contribution in [0.5, 0.6) is 0 Å². The van der Waals surface area contributed by atoms with Crippen molar-refractivity contribution in [2.75, 3.05) is 39.0 Å². The van der Waals surface area contributed by atoms with Crippen LogP contribution < -0.4 is 0 Å². The Labute approximate surface area is 129 Å². The molecule has 0 bridgehead atoms. The highest BCUT2D eigenvalue weighted by Crippen LogP contribution is 2.31. The number of thiazole rings is 1. The second-order valence-electron chi connectivity index (χ2n) is 5.83.